The molecule has 0 radical (unpaired) electrons. The average Bonchev–Trinajstić information content (AvgIpc) is 3.86. The summed E-state index contributed by atoms with van der Waals surface area (Å²) in [4.78, 5) is 45.3. The van der Waals surface area contributed by atoms with Crippen LogP contribution in [0.2, 0.25) is 0 Å². The third kappa shape index (κ3) is 9.33. The molecule has 2 aromatic heterocycles. The largest absolute Gasteiger partial charge is 0.496 e. The predicted molar refractivity (Wildman–Crippen MR) is 205 cm³/mol. The summed E-state index contributed by atoms with van der Waals surface area (Å²) in [5.74, 6) is 3.40. The number of aromatic amines is 2. The van der Waals surface area contributed by atoms with E-state index in [0.717, 1.165) is 54.0 Å². The van der Waals surface area contributed by atoms with Crippen molar-refractivity contribution in [3.8, 4) is 39.8 Å². The minimum absolute atomic E-state index is 0. The smallest absolute Gasteiger partial charge is 0.410 e. The van der Waals surface area contributed by atoms with Crippen molar-refractivity contribution in [3.05, 3.63) is 66.5 Å². The van der Waals surface area contributed by atoms with Crippen LogP contribution in [0.1, 0.15) is 91.0 Å². The molecule has 14 heteroatoms. The van der Waals surface area contributed by atoms with Crippen LogP contribution in [0.5, 0.6) is 17.2 Å². The van der Waals surface area contributed by atoms with Crippen molar-refractivity contribution < 1.29 is 28.5 Å². The van der Waals surface area contributed by atoms with E-state index in [4.69, 9.17) is 18.9 Å². The summed E-state index contributed by atoms with van der Waals surface area (Å²) in [6.45, 7) is 12.5. The van der Waals surface area contributed by atoms with Crippen molar-refractivity contribution in [1.29, 1.82) is 0 Å². The van der Waals surface area contributed by atoms with Gasteiger partial charge in [0.2, 0.25) is 0 Å². The molecule has 2 fully saturated rings. The number of H-pyrrole nitrogens is 2. The maximum atomic E-state index is 12.9. The van der Waals surface area contributed by atoms with E-state index in [-0.39, 0.29) is 51.3 Å². The van der Waals surface area contributed by atoms with Crippen LogP contribution in [-0.4, -0.2) is 73.3 Å². The fourth-order valence-corrected chi connectivity index (χ4v) is 6.28. The van der Waals surface area contributed by atoms with Gasteiger partial charge in [0.25, 0.3) is 0 Å². The van der Waals surface area contributed by atoms with E-state index < -0.39 is 11.2 Å². The number of benzene rings is 2. The van der Waals surface area contributed by atoms with Crippen LogP contribution in [0.15, 0.2) is 54.9 Å². The number of hydrogen-bond acceptors (Lipinski definition) is 8. The van der Waals surface area contributed by atoms with Gasteiger partial charge in [-0.2, -0.15) is 27.0 Å². The second-order valence-corrected chi connectivity index (χ2v) is 14.5. The van der Waals surface area contributed by atoms with Gasteiger partial charge in [0, 0.05) is 18.7 Å². The van der Waals surface area contributed by atoms with E-state index in [1.807, 2.05) is 84.0 Å². The molecule has 6 rings (SSSR count). The molecule has 2 saturated heterocycles. The van der Waals surface area contributed by atoms with E-state index >= 15 is 0 Å². The summed E-state index contributed by atoms with van der Waals surface area (Å²) in [6, 6.07) is 13.0. The van der Waals surface area contributed by atoms with Crippen molar-refractivity contribution in [2.45, 2.75) is 90.5 Å². The highest BCUT2D eigenvalue weighted by Crippen LogP contribution is 2.38. The van der Waals surface area contributed by atoms with Crippen LogP contribution in [0, 0.1) is 0 Å². The molecule has 276 valence electrons. The van der Waals surface area contributed by atoms with Crippen LogP contribution >= 0.6 is 27.0 Å². The highest BCUT2D eigenvalue weighted by atomic mass is 32.1. The maximum absolute atomic E-state index is 12.9. The lowest BCUT2D eigenvalue weighted by Crippen LogP contribution is -2.36. The fourth-order valence-electron chi connectivity index (χ4n) is 6.28. The number of aromatic nitrogens is 4. The van der Waals surface area contributed by atoms with Crippen LogP contribution in [-0.2, 0) is 9.47 Å². The summed E-state index contributed by atoms with van der Waals surface area (Å²) in [5.41, 5.74) is 2.21. The van der Waals surface area contributed by atoms with Crippen molar-refractivity contribution in [2.75, 3.05) is 20.2 Å². The Hall–Kier alpha value is -4.30. The van der Waals surface area contributed by atoms with Gasteiger partial charge in [-0.15, -0.1) is 0 Å². The van der Waals surface area contributed by atoms with Gasteiger partial charge in [0.05, 0.1) is 43.0 Å². The Labute approximate surface area is 313 Å². The molecule has 2 N–H and O–H groups in total. The number of methoxy groups -OCH3 is 1. The molecular formula is C37H50N6O6S2. The zero-order chi connectivity index (χ0) is 34.9. The average molecular weight is 739 g/mol. The van der Waals surface area contributed by atoms with E-state index in [0.29, 0.717) is 36.2 Å². The first-order valence-corrected chi connectivity index (χ1v) is 16.8. The second kappa shape index (κ2) is 15.9. The molecule has 4 aromatic rings. The molecule has 0 saturated carbocycles. The number of ether oxygens (including phenoxy) is 4. The minimum Gasteiger partial charge on any atom is -0.496 e. The maximum Gasteiger partial charge on any atom is 0.410 e. The van der Waals surface area contributed by atoms with Crippen LogP contribution < -0.4 is 9.47 Å². The van der Waals surface area contributed by atoms with E-state index in [2.05, 4.69) is 19.9 Å². The minimum atomic E-state index is -0.572. The summed E-state index contributed by atoms with van der Waals surface area (Å²) >= 11 is 0. The van der Waals surface area contributed by atoms with Crippen molar-refractivity contribution in [2.24, 2.45) is 0 Å². The quantitative estimate of drug-likeness (QED) is 0.192. The summed E-state index contributed by atoms with van der Waals surface area (Å²) in [7, 11) is 1.62. The number of carbonyl (C=O) groups excluding carboxylic acids is 2. The Morgan fingerprint density at radius 3 is 1.73 bits per heavy atom. The van der Waals surface area contributed by atoms with Crippen LogP contribution in [0.3, 0.4) is 0 Å². The van der Waals surface area contributed by atoms with Crippen molar-refractivity contribution in [1.82, 2.24) is 29.7 Å². The SMILES string of the molecule is COc1ccc(Oc2ccc(-c3cnc([C@@H]4CCCN4C(=O)OC(C)(C)C)[nH]3)cc2)cc1-c1cnc([C@@H]2CCCN2C(=O)OC(C)(C)C)[nH]1.S.S. The molecule has 2 aliphatic rings. The van der Waals surface area contributed by atoms with Gasteiger partial charge < -0.3 is 28.9 Å². The highest BCUT2D eigenvalue weighted by Gasteiger charge is 2.36. The fraction of sp³-hybridized carbons (Fsp3) is 0.459. The lowest BCUT2D eigenvalue weighted by Gasteiger charge is -2.27. The Balaban J connectivity index is 0.00000292. The molecule has 0 spiro atoms. The highest BCUT2D eigenvalue weighted by molar-refractivity contribution is 7.59. The number of likely N-dealkylation sites (tertiary alicyclic amines) is 2. The molecule has 12 nitrogen and oxygen atoms in total. The van der Waals surface area contributed by atoms with Gasteiger partial charge in [-0.3, -0.25) is 9.80 Å². The number of imidazole rings is 2. The van der Waals surface area contributed by atoms with Crippen molar-refractivity contribution >= 4 is 39.2 Å². The number of nitrogens with zero attached hydrogens (tertiary/aromatic N) is 4. The molecule has 0 aliphatic carbocycles. The van der Waals surface area contributed by atoms with Crippen molar-refractivity contribution in [3.63, 3.8) is 0 Å². The molecule has 4 heterocycles. The van der Waals surface area contributed by atoms with Gasteiger partial charge in [0.15, 0.2) is 0 Å². The Morgan fingerprint density at radius 2 is 1.22 bits per heavy atom. The standard InChI is InChI=1S/C37H46N6O6.2H2S/c1-36(2,3)48-34(44)42-18-8-10-29(42)32-38-21-27(40-32)23-12-14-24(15-13-23)47-25-16-17-31(46-7)26(20-25)28-22-39-33(41-28)30-11-9-19-43(30)35(45)49-37(4,5)6;;/h12-17,20-22,29-30H,8-11,18-19H2,1-7H3,(H,38,40)(H,39,41);2*1H2/t29-,30-;;/m0../s1. The number of nitrogens with one attached hydrogen (secondary N) is 2. The molecule has 51 heavy (non-hydrogen) atoms. The van der Waals surface area contributed by atoms with E-state index in [9.17, 15) is 9.59 Å². The first-order valence-electron chi connectivity index (χ1n) is 16.8. The Bertz CT molecular complexity index is 1800. The number of hydrogen-bond donors (Lipinski definition) is 2. The Morgan fingerprint density at radius 1 is 0.725 bits per heavy atom. The summed E-state index contributed by atoms with van der Waals surface area (Å²) in [6.07, 6.45) is 6.30. The zero-order valence-corrected chi connectivity index (χ0v) is 32.3. The molecule has 2 atom stereocenters. The van der Waals surface area contributed by atoms with Crippen LogP contribution in [0.25, 0.3) is 22.5 Å². The number of carbonyl (C=O) groups is 2. The normalized spacial score (nSPS) is 17.4. The van der Waals surface area contributed by atoms with Gasteiger partial charge in [-0.25, -0.2) is 19.6 Å². The first-order chi connectivity index (χ1) is 23.3. The summed E-state index contributed by atoms with van der Waals surface area (Å²) < 4.78 is 23.2. The summed E-state index contributed by atoms with van der Waals surface area (Å²) in [5, 5.41) is 0. The first kappa shape index (κ1) is 39.5. The molecule has 2 aromatic carbocycles. The second-order valence-electron chi connectivity index (χ2n) is 14.5. The molecule has 2 amide bonds. The molecular weight excluding hydrogens is 689 g/mol. The third-order valence-corrected chi connectivity index (χ3v) is 8.45. The molecule has 0 unspecified atom stereocenters. The predicted octanol–water partition coefficient (Wildman–Crippen LogP) is 8.64. The Kier molecular flexibility index (Phi) is 12.3. The van der Waals surface area contributed by atoms with Gasteiger partial charge in [-0.1, -0.05) is 0 Å². The topological polar surface area (TPSA) is 135 Å². The molecule has 0 bridgehead atoms. The third-order valence-electron chi connectivity index (χ3n) is 8.45. The lowest BCUT2D eigenvalue weighted by atomic mass is 10.1. The van der Waals surface area contributed by atoms with E-state index in [1.54, 1.807) is 29.3 Å². The van der Waals surface area contributed by atoms with E-state index in [1.165, 1.54) is 0 Å². The monoisotopic (exact) mass is 738 g/mol. The zero-order valence-electron chi connectivity index (χ0n) is 30.3. The number of amides is 2. The van der Waals surface area contributed by atoms with Gasteiger partial charge >= 0.3 is 12.2 Å². The lowest BCUT2D eigenvalue weighted by molar-refractivity contribution is 0.0208. The van der Waals surface area contributed by atoms with Crippen LogP contribution in [0.4, 0.5) is 9.59 Å². The van der Waals surface area contributed by atoms with Gasteiger partial charge in [-0.05, 0) is 115 Å². The van der Waals surface area contributed by atoms with Gasteiger partial charge in [0.1, 0.15) is 40.1 Å². The molecule has 2 aliphatic heterocycles. The number of rotatable bonds is 7.